The zero-order valence-electron chi connectivity index (χ0n) is 6.84. The molecule has 1 aromatic rings. The van der Waals surface area contributed by atoms with E-state index >= 15 is 0 Å². The highest BCUT2D eigenvalue weighted by Crippen LogP contribution is 2.24. The minimum atomic E-state index is -0.213. The summed E-state index contributed by atoms with van der Waals surface area (Å²) in [5.41, 5.74) is 11.9. The van der Waals surface area contributed by atoms with Gasteiger partial charge in [-0.2, -0.15) is 0 Å². The van der Waals surface area contributed by atoms with Crippen LogP contribution in [0.2, 0.25) is 10.0 Å². The number of hydrogen-bond donors (Lipinski definition) is 2. The van der Waals surface area contributed by atoms with Crippen molar-refractivity contribution in [2.45, 2.75) is 6.04 Å². The fraction of sp³-hybridized carbons (Fsp3) is 0.250. The van der Waals surface area contributed by atoms with Crippen molar-refractivity contribution in [3.8, 4) is 0 Å². The lowest BCUT2D eigenvalue weighted by atomic mass is 10.1. The van der Waals surface area contributed by atoms with Crippen molar-refractivity contribution in [3.63, 3.8) is 0 Å². The maximum atomic E-state index is 5.88. The number of rotatable bonds is 2. The van der Waals surface area contributed by atoms with Crippen LogP contribution < -0.4 is 11.5 Å². The summed E-state index contributed by atoms with van der Waals surface area (Å²) in [7, 11) is 0. The van der Waals surface area contributed by atoms with E-state index in [1.807, 2.05) is 0 Å². The second-order valence-corrected chi connectivity index (χ2v) is 3.35. The molecule has 0 saturated carbocycles. The molecule has 0 aliphatic rings. The van der Waals surface area contributed by atoms with Crippen molar-refractivity contribution in [1.82, 2.24) is 0 Å². The molecule has 0 aliphatic heterocycles. The quantitative estimate of drug-likeness (QED) is 0.835. The molecular formula is C8H11Cl3N2. The van der Waals surface area contributed by atoms with E-state index < -0.39 is 0 Å². The second kappa shape index (κ2) is 5.68. The molecule has 0 heterocycles. The normalized spacial score (nSPS) is 12.0. The van der Waals surface area contributed by atoms with Gasteiger partial charge in [0, 0.05) is 22.6 Å². The van der Waals surface area contributed by atoms with Gasteiger partial charge in [0.15, 0.2) is 0 Å². The standard InChI is InChI=1S/C8H10Cl2N2.ClH/c9-5-1-2-6(7(10)3-5)8(12)4-11;/h1-3,8H,4,11-12H2;1H/t8-;/m0./s1. The van der Waals surface area contributed by atoms with Crippen molar-refractivity contribution < 1.29 is 0 Å². The molecule has 13 heavy (non-hydrogen) atoms. The highest BCUT2D eigenvalue weighted by atomic mass is 35.5. The first-order valence-electron chi connectivity index (χ1n) is 3.55. The zero-order valence-corrected chi connectivity index (χ0v) is 9.16. The summed E-state index contributed by atoms with van der Waals surface area (Å²) in [6.45, 7) is 0.376. The van der Waals surface area contributed by atoms with Crippen molar-refractivity contribution in [2.24, 2.45) is 11.5 Å². The third-order valence-electron chi connectivity index (χ3n) is 1.62. The third kappa shape index (κ3) is 3.33. The van der Waals surface area contributed by atoms with Gasteiger partial charge in [-0.15, -0.1) is 12.4 Å². The van der Waals surface area contributed by atoms with E-state index in [1.165, 1.54) is 0 Å². The minimum Gasteiger partial charge on any atom is -0.329 e. The highest BCUT2D eigenvalue weighted by Gasteiger charge is 2.07. The van der Waals surface area contributed by atoms with Crippen LogP contribution in [0.1, 0.15) is 11.6 Å². The zero-order chi connectivity index (χ0) is 9.14. The monoisotopic (exact) mass is 240 g/mol. The van der Waals surface area contributed by atoms with Gasteiger partial charge in [0.2, 0.25) is 0 Å². The summed E-state index contributed by atoms with van der Waals surface area (Å²) in [6.07, 6.45) is 0. The van der Waals surface area contributed by atoms with Crippen LogP contribution in [0.15, 0.2) is 18.2 Å². The third-order valence-corrected chi connectivity index (χ3v) is 2.18. The molecule has 1 rings (SSSR count). The van der Waals surface area contributed by atoms with Crippen molar-refractivity contribution in [1.29, 1.82) is 0 Å². The molecular weight excluding hydrogens is 230 g/mol. The molecule has 0 spiro atoms. The Hall–Kier alpha value is 0.01000. The topological polar surface area (TPSA) is 52.0 Å². The summed E-state index contributed by atoms with van der Waals surface area (Å²) >= 11 is 11.6. The fourth-order valence-electron chi connectivity index (χ4n) is 0.929. The molecule has 0 amide bonds. The van der Waals surface area contributed by atoms with Crippen molar-refractivity contribution >= 4 is 35.6 Å². The van der Waals surface area contributed by atoms with E-state index in [0.717, 1.165) is 5.56 Å². The van der Waals surface area contributed by atoms with Crippen LogP contribution in [0.4, 0.5) is 0 Å². The molecule has 0 aliphatic carbocycles. The summed E-state index contributed by atoms with van der Waals surface area (Å²) in [5.74, 6) is 0. The Morgan fingerprint density at radius 1 is 1.31 bits per heavy atom. The average Bonchev–Trinajstić information content (AvgIpc) is 2.03. The Bertz CT molecular complexity index is 278. The predicted molar refractivity (Wildman–Crippen MR) is 59.7 cm³/mol. The molecule has 1 aromatic carbocycles. The molecule has 4 N–H and O–H groups in total. The number of halogens is 3. The second-order valence-electron chi connectivity index (χ2n) is 2.51. The highest BCUT2D eigenvalue weighted by molar-refractivity contribution is 6.35. The first-order chi connectivity index (χ1) is 5.65. The summed E-state index contributed by atoms with van der Waals surface area (Å²) < 4.78 is 0. The predicted octanol–water partition coefficient (Wildman–Crippen LogP) is 2.37. The van der Waals surface area contributed by atoms with E-state index in [2.05, 4.69) is 0 Å². The van der Waals surface area contributed by atoms with Gasteiger partial charge in [-0.3, -0.25) is 0 Å². The lowest BCUT2D eigenvalue weighted by molar-refractivity contribution is 0.737. The fourth-order valence-corrected chi connectivity index (χ4v) is 1.48. The minimum absolute atomic E-state index is 0. The van der Waals surface area contributed by atoms with Crippen LogP contribution >= 0.6 is 35.6 Å². The molecule has 0 saturated heterocycles. The molecule has 1 atom stereocenters. The van der Waals surface area contributed by atoms with E-state index in [-0.39, 0.29) is 18.4 Å². The van der Waals surface area contributed by atoms with Crippen LogP contribution in [-0.4, -0.2) is 6.54 Å². The summed E-state index contributed by atoms with van der Waals surface area (Å²) in [5, 5.41) is 1.17. The largest absolute Gasteiger partial charge is 0.329 e. The van der Waals surface area contributed by atoms with E-state index in [0.29, 0.717) is 16.6 Å². The van der Waals surface area contributed by atoms with Gasteiger partial charge in [-0.05, 0) is 17.7 Å². The Balaban J connectivity index is 0.00000144. The Morgan fingerprint density at radius 2 is 1.92 bits per heavy atom. The van der Waals surface area contributed by atoms with Crippen LogP contribution in [0.5, 0.6) is 0 Å². The Morgan fingerprint density at radius 3 is 2.38 bits per heavy atom. The summed E-state index contributed by atoms with van der Waals surface area (Å²) in [6, 6.07) is 4.99. The lowest BCUT2D eigenvalue weighted by Crippen LogP contribution is -2.20. The van der Waals surface area contributed by atoms with Crippen molar-refractivity contribution in [3.05, 3.63) is 33.8 Å². The summed E-state index contributed by atoms with van der Waals surface area (Å²) in [4.78, 5) is 0. The van der Waals surface area contributed by atoms with E-state index in [1.54, 1.807) is 18.2 Å². The Labute approximate surface area is 93.6 Å². The molecule has 74 valence electrons. The molecule has 2 nitrogen and oxygen atoms in total. The number of hydrogen-bond acceptors (Lipinski definition) is 2. The SMILES string of the molecule is Cl.NC[C@H](N)c1ccc(Cl)cc1Cl. The first kappa shape index (κ1) is 13.0. The Kier molecular flexibility index (Phi) is 5.68. The molecule has 0 radical (unpaired) electrons. The van der Waals surface area contributed by atoms with Gasteiger partial charge in [0.25, 0.3) is 0 Å². The van der Waals surface area contributed by atoms with Gasteiger partial charge >= 0.3 is 0 Å². The van der Waals surface area contributed by atoms with E-state index in [9.17, 15) is 0 Å². The molecule has 0 aromatic heterocycles. The maximum Gasteiger partial charge on any atom is 0.0469 e. The van der Waals surface area contributed by atoms with Crippen LogP contribution in [0.25, 0.3) is 0 Å². The van der Waals surface area contributed by atoms with Crippen molar-refractivity contribution in [2.75, 3.05) is 6.54 Å². The first-order valence-corrected chi connectivity index (χ1v) is 4.31. The average molecular weight is 242 g/mol. The van der Waals surface area contributed by atoms with Gasteiger partial charge < -0.3 is 11.5 Å². The van der Waals surface area contributed by atoms with Crippen LogP contribution in [-0.2, 0) is 0 Å². The molecule has 0 fully saturated rings. The van der Waals surface area contributed by atoms with Gasteiger partial charge in [-0.25, -0.2) is 0 Å². The number of benzene rings is 1. The maximum absolute atomic E-state index is 5.88. The van der Waals surface area contributed by atoms with Gasteiger partial charge in [0.05, 0.1) is 0 Å². The molecule has 0 bridgehead atoms. The lowest BCUT2D eigenvalue weighted by Gasteiger charge is -2.10. The smallest absolute Gasteiger partial charge is 0.0469 e. The number of nitrogens with two attached hydrogens (primary N) is 2. The molecule has 5 heteroatoms. The van der Waals surface area contributed by atoms with Gasteiger partial charge in [-0.1, -0.05) is 29.3 Å². The van der Waals surface area contributed by atoms with Crippen LogP contribution in [0, 0.1) is 0 Å². The van der Waals surface area contributed by atoms with Crippen LogP contribution in [0.3, 0.4) is 0 Å². The molecule has 0 unspecified atom stereocenters. The van der Waals surface area contributed by atoms with Gasteiger partial charge in [0.1, 0.15) is 0 Å². The van der Waals surface area contributed by atoms with E-state index in [4.69, 9.17) is 34.7 Å².